The van der Waals surface area contributed by atoms with Gasteiger partial charge in [0.25, 0.3) is 0 Å². The van der Waals surface area contributed by atoms with Crippen molar-refractivity contribution in [1.82, 2.24) is 9.55 Å². The highest BCUT2D eigenvalue weighted by Gasteiger charge is 2.42. The molecule has 1 aromatic heterocycles. The second-order valence-electron chi connectivity index (χ2n) is 6.17. The van der Waals surface area contributed by atoms with Crippen molar-refractivity contribution in [2.75, 3.05) is 6.61 Å². The third-order valence-corrected chi connectivity index (χ3v) is 5.74. The maximum Gasteiger partial charge on any atom is 0.374 e. The van der Waals surface area contributed by atoms with Crippen molar-refractivity contribution in [3.8, 4) is 11.3 Å². The highest BCUT2D eigenvalue weighted by molar-refractivity contribution is 14.1. The maximum atomic E-state index is 14.0. The zero-order chi connectivity index (χ0) is 16.3. The summed E-state index contributed by atoms with van der Waals surface area (Å²) >= 11 is 2.00. The van der Waals surface area contributed by atoms with Crippen molar-refractivity contribution in [3.05, 3.63) is 38.6 Å². The van der Waals surface area contributed by atoms with Crippen LogP contribution < -0.4 is 0 Å². The van der Waals surface area contributed by atoms with E-state index >= 15 is 0 Å². The number of carbonyl (C=O) groups is 1. The molecule has 4 nitrogen and oxygen atoms in total. The first-order valence-corrected chi connectivity index (χ1v) is 8.82. The Morgan fingerprint density at radius 2 is 2.17 bits per heavy atom. The number of aromatic nitrogens is 2. The highest BCUT2D eigenvalue weighted by Crippen LogP contribution is 2.55. The summed E-state index contributed by atoms with van der Waals surface area (Å²) in [6.07, 6.45) is 1.98. The SMILES string of the molecule is CCOC(=O)c1nc2c(n1C)C1CC(C1)c1cc(F)c(I)cc1-2. The van der Waals surface area contributed by atoms with Gasteiger partial charge in [0.15, 0.2) is 0 Å². The molecule has 120 valence electrons. The minimum absolute atomic E-state index is 0.183. The average molecular weight is 426 g/mol. The number of nitrogens with zero attached hydrogens (tertiary/aromatic N) is 2. The van der Waals surface area contributed by atoms with Gasteiger partial charge in [-0.3, -0.25) is 0 Å². The molecule has 0 aliphatic heterocycles. The quantitative estimate of drug-likeness (QED) is 0.539. The second kappa shape index (κ2) is 5.29. The Kier molecular flexibility index (Phi) is 3.48. The zero-order valence-corrected chi connectivity index (χ0v) is 15.1. The lowest BCUT2D eigenvalue weighted by molar-refractivity contribution is 0.0507. The number of ether oxygens (including phenoxy) is 1. The standard InChI is InChI=1S/C17H16FIN2O2/c1-3-23-17(22)16-20-14-11-7-13(19)12(18)6-10(11)8-4-9(5-8)15(14)21(16)2/h6-9H,3-5H2,1-2H3. The van der Waals surface area contributed by atoms with E-state index in [0.29, 0.717) is 27.8 Å². The Labute approximate surface area is 147 Å². The molecule has 0 amide bonds. The Bertz CT molecular complexity index is 824. The fraction of sp³-hybridized carbons (Fsp3) is 0.412. The molecule has 0 N–H and O–H groups in total. The lowest BCUT2D eigenvalue weighted by Gasteiger charge is -2.34. The van der Waals surface area contributed by atoms with Crippen LogP contribution in [0.4, 0.5) is 4.39 Å². The monoisotopic (exact) mass is 426 g/mol. The molecular weight excluding hydrogens is 410 g/mol. The summed E-state index contributed by atoms with van der Waals surface area (Å²) in [4.78, 5) is 16.7. The van der Waals surface area contributed by atoms with Crippen molar-refractivity contribution in [2.45, 2.75) is 31.6 Å². The van der Waals surface area contributed by atoms with Gasteiger partial charge < -0.3 is 9.30 Å². The molecule has 0 spiro atoms. The number of imidazole rings is 1. The Balaban J connectivity index is 1.94. The third-order valence-electron chi connectivity index (χ3n) is 4.91. The smallest absolute Gasteiger partial charge is 0.374 e. The van der Waals surface area contributed by atoms with E-state index in [-0.39, 0.29) is 5.82 Å². The summed E-state index contributed by atoms with van der Waals surface area (Å²) in [6, 6.07) is 3.50. The van der Waals surface area contributed by atoms with Gasteiger partial charge in [-0.15, -0.1) is 0 Å². The fourth-order valence-electron chi connectivity index (χ4n) is 3.75. The van der Waals surface area contributed by atoms with Crippen LogP contribution in [-0.4, -0.2) is 22.1 Å². The van der Waals surface area contributed by atoms with Crippen LogP contribution in [0.1, 0.15) is 53.5 Å². The number of rotatable bonds is 2. The minimum atomic E-state index is -0.405. The molecule has 1 saturated carbocycles. The topological polar surface area (TPSA) is 44.1 Å². The van der Waals surface area contributed by atoms with E-state index in [4.69, 9.17) is 4.74 Å². The maximum absolute atomic E-state index is 14.0. The molecule has 0 saturated heterocycles. The first-order valence-electron chi connectivity index (χ1n) is 7.74. The summed E-state index contributed by atoms with van der Waals surface area (Å²) in [7, 11) is 1.87. The van der Waals surface area contributed by atoms with E-state index in [9.17, 15) is 9.18 Å². The molecule has 3 aliphatic rings. The summed E-state index contributed by atoms with van der Waals surface area (Å²) in [5, 5.41) is 0. The van der Waals surface area contributed by atoms with Gasteiger partial charge in [-0.1, -0.05) is 0 Å². The third kappa shape index (κ3) is 2.14. The molecule has 2 aromatic rings. The molecule has 0 atom stereocenters. The molecule has 0 radical (unpaired) electrons. The Morgan fingerprint density at radius 3 is 2.87 bits per heavy atom. The van der Waals surface area contributed by atoms with Gasteiger partial charge >= 0.3 is 5.97 Å². The van der Waals surface area contributed by atoms with Crippen molar-refractivity contribution in [2.24, 2.45) is 7.05 Å². The minimum Gasteiger partial charge on any atom is -0.460 e. The van der Waals surface area contributed by atoms with Crippen LogP contribution in [0.15, 0.2) is 12.1 Å². The van der Waals surface area contributed by atoms with Crippen molar-refractivity contribution < 1.29 is 13.9 Å². The number of esters is 1. The average Bonchev–Trinajstić information content (AvgIpc) is 2.66. The molecule has 5 rings (SSSR count). The molecule has 2 bridgehead atoms. The summed E-state index contributed by atoms with van der Waals surface area (Å²) in [6.45, 7) is 2.10. The number of benzene rings is 1. The van der Waals surface area contributed by atoms with Crippen LogP contribution in [0.2, 0.25) is 0 Å². The van der Waals surface area contributed by atoms with Gasteiger partial charge in [-0.25, -0.2) is 14.2 Å². The van der Waals surface area contributed by atoms with Gasteiger partial charge in [0.2, 0.25) is 5.82 Å². The number of halogens is 2. The van der Waals surface area contributed by atoms with E-state index < -0.39 is 5.97 Å². The van der Waals surface area contributed by atoms with Crippen LogP contribution in [-0.2, 0) is 11.8 Å². The predicted octanol–water partition coefficient (Wildman–Crippen LogP) is 3.98. The number of hydrogen-bond acceptors (Lipinski definition) is 3. The van der Waals surface area contributed by atoms with Crippen LogP contribution in [0, 0.1) is 9.39 Å². The van der Waals surface area contributed by atoms with Gasteiger partial charge in [0, 0.05) is 27.8 Å². The largest absolute Gasteiger partial charge is 0.460 e. The Morgan fingerprint density at radius 1 is 1.43 bits per heavy atom. The van der Waals surface area contributed by atoms with E-state index in [1.54, 1.807) is 13.0 Å². The first-order chi connectivity index (χ1) is 11.0. The molecule has 6 heteroatoms. The van der Waals surface area contributed by atoms with Gasteiger partial charge in [-0.2, -0.15) is 0 Å². The lowest BCUT2D eigenvalue weighted by Crippen LogP contribution is -2.22. The van der Waals surface area contributed by atoms with E-state index in [1.807, 2.05) is 40.3 Å². The molecular formula is C17H16FIN2O2. The fourth-order valence-corrected chi connectivity index (χ4v) is 4.22. The van der Waals surface area contributed by atoms with Crippen LogP contribution in [0.25, 0.3) is 11.3 Å². The molecule has 0 unspecified atom stereocenters. The normalized spacial score (nSPS) is 21.0. The van der Waals surface area contributed by atoms with E-state index in [2.05, 4.69) is 4.98 Å². The van der Waals surface area contributed by atoms with Gasteiger partial charge in [-0.05, 0) is 66.0 Å². The second-order valence-corrected chi connectivity index (χ2v) is 7.33. The van der Waals surface area contributed by atoms with Crippen LogP contribution in [0.5, 0.6) is 0 Å². The molecule has 1 aromatic carbocycles. The molecule has 23 heavy (non-hydrogen) atoms. The van der Waals surface area contributed by atoms with Crippen molar-refractivity contribution in [1.29, 1.82) is 0 Å². The number of carbonyl (C=O) groups excluding carboxylic acids is 1. The summed E-state index contributed by atoms with van der Waals surface area (Å²) in [5.74, 6) is 0.508. The zero-order valence-electron chi connectivity index (χ0n) is 12.9. The van der Waals surface area contributed by atoms with E-state index in [0.717, 1.165) is 35.4 Å². The van der Waals surface area contributed by atoms with Gasteiger partial charge in [0.1, 0.15) is 5.82 Å². The lowest BCUT2D eigenvalue weighted by atomic mass is 9.71. The Hall–Kier alpha value is -1.44. The first kappa shape index (κ1) is 15.1. The summed E-state index contributed by atoms with van der Waals surface area (Å²) < 4.78 is 21.6. The van der Waals surface area contributed by atoms with E-state index in [1.165, 1.54) is 0 Å². The van der Waals surface area contributed by atoms with Crippen LogP contribution >= 0.6 is 22.6 Å². The summed E-state index contributed by atoms with van der Waals surface area (Å²) in [5.41, 5.74) is 3.87. The van der Waals surface area contributed by atoms with Crippen LogP contribution in [0.3, 0.4) is 0 Å². The van der Waals surface area contributed by atoms with Gasteiger partial charge in [0.05, 0.1) is 12.3 Å². The molecule has 3 aliphatic carbocycles. The number of hydrogen-bond donors (Lipinski definition) is 0. The van der Waals surface area contributed by atoms with Crippen molar-refractivity contribution in [3.63, 3.8) is 0 Å². The highest BCUT2D eigenvalue weighted by atomic mass is 127. The van der Waals surface area contributed by atoms with Crippen molar-refractivity contribution >= 4 is 28.6 Å². The molecule has 1 fully saturated rings. The molecule has 1 heterocycles. The predicted molar refractivity (Wildman–Crippen MR) is 92.0 cm³/mol.